The topological polar surface area (TPSA) is 35.5 Å². The summed E-state index contributed by atoms with van der Waals surface area (Å²) in [5.41, 5.74) is -0.0102. The number of rotatable bonds is 3. The van der Waals surface area contributed by atoms with Crippen LogP contribution in [0.3, 0.4) is 0 Å². The number of aliphatic hydroxyl groups is 1. The molecule has 0 bridgehead atoms. The number of piperidine rings is 1. The molecule has 0 spiro atoms. The van der Waals surface area contributed by atoms with Crippen LogP contribution in [0.15, 0.2) is 0 Å². The first-order chi connectivity index (χ1) is 8.84. The fourth-order valence-corrected chi connectivity index (χ4v) is 4.15. The molecule has 1 aliphatic heterocycles. The third-order valence-electron chi connectivity index (χ3n) is 5.45. The van der Waals surface area contributed by atoms with Crippen molar-refractivity contribution in [1.82, 2.24) is 10.2 Å². The van der Waals surface area contributed by atoms with Gasteiger partial charge in [0.1, 0.15) is 0 Å². The molecule has 2 N–H and O–H groups in total. The van der Waals surface area contributed by atoms with E-state index in [-0.39, 0.29) is 0 Å². The van der Waals surface area contributed by atoms with E-state index in [1.807, 2.05) is 6.92 Å². The Bertz CT molecular complexity index is 291. The van der Waals surface area contributed by atoms with Crippen LogP contribution in [0.5, 0.6) is 0 Å². The Kier molecular flexibility index (Phi) is 4.59. The van der Waals surface area contributed by atoms with Crippen molar-refractivity contribution >= 4 is 0 Å². The van der Waals surface area contributed by atoms with E-state index in [9.17, 15) is 5.11 Å². The molecule has 0 amide bonds. The van der Waals surface area contributed by atoms with Gasteiger partial charge in [-0.05, 0) is 51.0 Å². The number of hydrogen-bond acceptors (Lipinski definition) is 3. The first-order valence-corrected chi connectivity index (χ1v) is 7.96. The molecule has 112 valence electrons. The monoisotopic (exact) mass is 268 g/mol. The zero-order valence-corrected chi connectivity index (χ0v) is 13.2. The van der Waals surface area contributed by atoms with Gasteiger partial charge in [0, 0.05) is 25.7 Å². The van der Waals surface area contributed by atoms with E-state index in [2.05, 4.69) is 31.1 Å². The van der Waals surface area contributed by atoms with E-state index in [1.165, 1.54) is 25.8 Å². The van der Waals surface area contributed by atoms with E-state index in [0.29, 0.717) is 11.5 Å². The highest BCUT2D eigenvalue weighted by Crippen LogP contribution is 2.39. The summed E-state index contributed by atoms with van der Waals surface area (Å²) in [5, 5.41) is 13.6. The molecular weight excluding hydrogens is 236 g/mol. The van der Waals surface area contributed by atoms with Crippen molar-refractivity contribution in [3.63, 3.8) is 0 Å². The summed E-state index contributed by atoms with van der Waals surface area (Å²) < 4.78 is 0. The summed E-state index contributed by atoms with van der Waals surface area (Å²) in [6, 6.07) is 0.628. The largest absolute Gasteiger partial charge is 0.390 e. The second-order valence-electron chi connectivity index (χ2n) is 7.70. The van der Waals surface area contributed by atoms with Gasteiger partial charge in [0.2, 0.25) is 0 Å². The van der Waals surface area contributed by atoms with Crippen LogP contribution in [0.1, 0.15) is 52.9 Å². The minimum atomic E-state index is -0.426. The van der Waals surface area contributed by atoms with E-state index in [4.69, 9.17) is 0 Å². The zero-order valence-electron chi connectivity index (χ0n) is 13.2. The van der Waals surface area contributed by atoms with Gasteiger partial charge in [-0.25, -0.2) is 0 Å². The molecule has 3 heteroatoms. The van der Waals surface area contributed by atoms with Crippen LogP contribution in [0.2, 0.25) is 0 Å². The maximum atomic E-state index is 10.0. The molecular formula is C16H32N2O. The van der Waals surface area contributed by atoms with Gasteiger partial charge in [0.05, 0.1) is 5.60 Å². The van der Waals surface area contributed by atoms with Crippen molar-refractivity contribution < 1.29 is 5.11 Å². The molecule has 1 aliphatic carbocycles. The van der Waals surface area contributed by atoms with Crippen LogP contribution in [0, 0.1) is 11.3 Å². The summed E-state index contributed by atoms with van der Waals surface area (Å²) in [6.45, 7) is 10.1. The van der Waals surface area contributed by atoms with Crippen molar-refractivity contribution in [3.05, 3.63) is 0 Å². The Morgan fingerprint density at radius 2 is 1.79 bits per heavy atom. The van der Waals surface area contributed by atoms with Crippen LogP contribution in [0.25, 0.3) is 0 Å². The van der Waals surface area contributed by atoms with Gasteiger partial charge in [-0.3, -0.25) is 0 Å². The fraction of sp³-hybridized carbons (Fsp3) is 1.00. The third kappa shape index (κ3) is 3.71. The average molecular weight is 268 g/mol. The molecule has 2 aliphatic rings. The van der Waals surface area contributed by atoms with E-state index in [0.717, 1.165) is 31.8 Å². The summed E-state index contributed by atoms with van der Waals surface area (Å²) in [5.74, 6) is 0.761. The Morgan fingerprint density at radius 1 is 1.16 bits per heavy atom. The van der Waals surface area contributed by atoms with Crippen LogP contribution in [-0.2, 0) is 0 Å². The van der Waals surface area contributed by atoms with Gasteiger partial charge in [0.15, 0.2) is 0 Å². The Hall–Kier alpha value is -0.120. The highest BCUT2D eigenvalue weighted by atomic mass is 16.3. The quantitative estimate of drug-likeness (QED) is 0.824. The van der Waals surface area contributed by atoms with Crippen molar-refractivity contribution in [2.45, 2.75) is 64.5 Å². The second-order valence-corrected chi connectivity index (χ2v) is 7.70. The smallest absolute Gasteiger partial charge is 0.0644 e. The zero-order chi connectivity index (χ0) is 14.1. The predicted octanol–water partition coefficient (Wildman–Crippen LogP) is 2.25. The highest BCUT2D eigenvalue weighted by molar-refractivity contribution is 4.94. The SMILES string of the molecule is CNC1C(CN2CCC(C)(O)CC2)CCCC1(C)C. The first kappa shape index (κ1) is 15.3. The lowest BCUT2D eigenvalue weighted by Crippen LogP contribution is -2.53. The molecule has 19 heavy (non-hydrogen) atoms. The lowest BCUT2D eigenvalue weighted by molar-refractivity contribution is -0.0158. The number of nitrogens with one attached hydrogen (secondary N) is 1. The molecule has 3 nitrogen and oxygen atoms in total. The summed E-state index contributed by atoms with van der Waals surface area (Å²) in [7, 11) is 2.12. The van der Waals surface area contributed by atoms with Gasteiger partial charge in [-0.1, -0.05) is 20.3 Å². The van der Waals surface area contributed by atoms with Crippen LogP contribution in [0.4, 0.5) is 0 Å². The molecule has 1 saturated heterocycles. The lowest BCUT2D eigenvalue weighted by atomic mass is 9.67. The van der Waals surface area contributed by atoms with Gasteiger partial charge < -0.3 is 15.3 Å². The van der Waals surface area contributed by atoms with Gasteiger partial charge in [-0.2, -0.15) is 0 Å². The standard InChI is InChI=1S/C16H32N2O/c1-15(2)7-5-6-13(14(15)17-4)12-18-10-8-16(3,19)9-11-18/h13-14,17,19H,5-12H2,1-4H3. The lowest BCUT2D eigenvalue weighted by Gasteiger charge is -2.46. The highest BCUT2D eigenvalue weighted by Gasteiger charge is 2.39. The third-order valence-corrected chi connectivity index (χ3v) is 5.45. The van der Waals surface area contributed by atoms with Crippen LogP contribution < -0.4 is 5.32 Å². The molecule has 0 aromatic rings. The van der Waals surface area contributed by atoms with Crippen LogP contribution in [-0.4, -0.2) is 48.3 Å². The number of likely N-dealkylation sites (tertiary alicyclic amines) is 1. The van der Waals surface area contributed by atoms with Crippen molar-refractivity contribution in [3.8, 4) is 0 Å². The second kappa shape index (κ2) is 5.71. The first-order valence-electron chi connectivity index (χ1n) is 7.96. The number of nitrogens with zero attached hydrogens (tertiary/aromatic N) is 1. The average Bonchev–Trinajstić information content (AvgIpc) is 2.31. The summed E-state index contributed by atoms with van der Waals surface area (Å²) in [6.07, 6.45) is 5.90. The van der Waals surface area contributed by atoms with Crippen molar-refractivity contribution in [2.75, 3.05) is 26.7 Å². The Balaban J connectivity index is 1.91. The van der Waals surface area contributed by atoms with E-state index >= 15 is 0 Å². The molecule has 1 saturated carbocycles. The van der Waals surface area contributed by atoms with Crippen LogP contribution >= 0.6 is 0 Å². The molecule has 2 rings (SSSR count). The van der Waals surface area contributed by atoms with Gasteiger partial charge in [0.25, 0.3) is 0 Å². The van der Waals surface area contributed by atoms with Crippen molar-refractivity contribution in [1.29, 1.82) is 0 Å². The minimum absolute atomic E-state index is 0.416. The fourth-order valence-electron chi connectivity index (χ4n) is 4.15. The predicted molar refractivity (Wildman–Crippen MR) is 80.3 cm³/mol. The normalized spacial score (nSPS) is 35.2. The summed E-state index contributed by atoms with van der Waals surface area (Å²) in [4.78, 5) is 2.56. The van der Waals surface area contributed by atoms with Gasteiger partial charge in [-0.15, -0.1) is 0 Å². The molecule has 0 aromatic carbocycles. The van der Waals surface area contributed by atoms with E-state index < -0.39 is 5.60 Å². The number of hydrogen-bond donors (Lipinski definition) is 2. The maximum Gasteiger partial charge on any atom is 0.0644 e. The molecule has 0 aromatic heterocycles. The molecule has 0 radical (unpaired) electrons. The Labute approximate surface area is 118 Å². The summed E-state index contributed by atoms with van der Waals surface area (Å²) >= 11 is 0. The van der Waals surface area contributed by atoms with Gasteiger partial charge >= 0.3 is 0 Å². The molecule has 2 atom stereocenters. The minimum Gasteiger partial charge on any atom is -0.390 e. The molecule has 2 unspecified atom stereocenters. The Morgan fingerprint density at radius 3 is 2.37 bits per heavy atom. The van der Waals surface area contributed by atoms with Crippen molar-refractivity contribution in [2.24, 2.45) is 11.3 Å². The molecule has 2 fully saturated rings. The maximum absolute atomic E-state index is 10.0. The molecule has 1 heterocycles. The van der Waals surface area contributed by atoms with E-state index in [1.54, 1.807) is 0 Å².